The third kappa shape index (κ3) is 5.45. The second-order valence-corrected chi connectivity index (χ2v) is 9.00. The molecule has 1 aromatic heterocycles. The number of unbranched alkanes of at least 4 members (excludes halogenated alkanes) is 1. The molecule has 0 aliphatic heterocycles. The molecule has 3 aromatic carbocycles. The Morgan fingerprint density at radius 2 is 1.75 bits per heavy atom. The molecule has 1 heterocycles. The first-order chi connectivity index (χ1) is 17.5. The van der Waals surface area contributed by atoms with Gasteiger partial charge in [0.25, 0.3) is 5.56 Å². The van der Waals surface area contributed by atoms with Crippen molar-refractivity contribution in [3.63, 3.8) is 0 Å². The lowest BCUT2D eigenvalue weighted by Gasteiger charge is -2.16. The van der Waals surface area contributed by atoms with E-state index in [9.17, 15) is 15.2 Å². The maximum atomic E-state index is 13.9. The SMILES string of the molecule is CCCCc1nc(C)n(-c2cccc(CCO)c2)c(=O)c1Cc1ccc(-c2ccccc2C#N)cc1. The zero-order chi connectivity index (χ0) is 25.5. The molecular weight excluding hydrogens is 446 g/mol. The standard InChI is InChI=1S/C31H31N3O2/c1-3-4-12-30-29(20-24-13-15-25(16-14-24)28-11-6-5-9-26(28)21-32)31(36)34(22(2)33-30)27-10-7-8-23(19-27)17-18-35/h5-11,13-16,19,35H,3-4,12,17-18,20H2,1-2H3. The highest BCUT2D eigenvalue weighted by atomic mass is 16.3. The molecule has 36 heavy (non-hydrogen) atoms. The first kappa shape index (κ1) is 25.1. The van der Waals surface area contributed by atoms with E-state index in [2.05, 4.69) is 13.0 Å². The topological polar surface area (TPSA) is 78.9 Å². The van der Waals surface area contributed by atoms with Gasteiger partial charge in [0.2, 0.25) is 0 Å². The van der Waals surface area contributed by atoms with E-state index < -0.39 is 0 Å². The molecule has 4 rings (SSSR count). The van der Waals surface area contributed by atoms with Crippen molar-refractivity contribution < 1.29 is 5.11 Å². The van der Waals surface area contributed by atoms with Gasteiger partial charge >= 0.3 is 0 Å². The monoisotopic (exact) mass is 477 g/mol. The normalized spacial score (nSPS) is 10.8. The van der Waals surface area contributed by atoms with Gasteiger partial charge in [-0.1, -0.05) is 67.9 Å². The summed E-state index contributed by atoms with van der Waals surface area (Å²) in [5, 5.41) is 18.8. The van der Waals surface area contributed by atoms with Crippen LogP contribution in [0, 0.1) is 18.3 Å². The van der Waals surface area contributed by atoms with Gasteiger partial charge in [0.15, 0.2) is 0 Å². The van der Waals surface area contributed by atoms with Gasteiger partial charge in [-0.25, -0.2) is 4.98 Å². The van der Waals surface area contributed by atoms with Gasteiger partial charge in [-0.15, -0.1) is 0 Å². The summed E-state index contributed by atoms with van der Waals surface area (Å²) < 4.78 is 1.68. The molecule has 5 nitrogen and oxygen atoms in total. The Kier molecular flexibility index (Phi) is 8.10. The molecule has 0 atom stereocenters. The molecule has 182 valence electrons. The number of aliphatic hydroxyl groups is 1. The molecule has 5 heteroatoms. The summed E-state index contributed by atoms with van der Waals surface area (Å²) in [6, 6.07) is 25.6. The van der Waals surface area contributed by atoms with Crippen LogP contribution in [0.5, 0.6) is 0 Å². The number of hydrogen-bond acceptors (Lipinski definition) is 4. The van der Waals surface area contributed by atoms with Crippen molar-refractivity contribution in [1.82, 2.24) is 9.55 Å². The molecule has 0 saturated carbocycles. The minimum atomic E-state index is -0.0475. The summed E-state index contributed by atoms with van der Waals surface area (Å²) >= 11 is 0. The average molecular weight is 478 g/mol. The summed E-state index contributed by atoms with van der Waals surface area (Å²) in [4.78, 5) is 18.7. The maximum Gasteiger partial charge on any atom is 0.261 e. The number of aryl methyl sites for hydroxylation is 2. The third-order valence-corrected chi connectivity index (χ3v) is 6.46. The molecule has 0 bridgehead atoms. The van der Waals surface area contributed by atoms with Gasteiger partial charge in [-0.05, 0) is 66.6 Å². The van der Waals surface area contributed by atoms with Gasteiger partial charge in [0.1, 0.15) is 5.82 Å². The van der Waals surface area contributed by atoms with Crippen molar-refractivity contribution in [3.05, 3.63) is 117 Å². The van der Waals surface area contributed by atoms with E-state index >= 15 is 0 Å². The lowest BCUT2D eigenvalue weighted by molar-refractivity contribution is 0.299. The second kappa shape index (κ2) is 11.6. The fraction of sp³-hybridized carbons (Fsp3) is 0.258. The van der Waals surface area contributed by atoms with Gasteiger partial charge in [0.05, 0.1) is 23.0 Å². The number of nitriles is 1. The summed E-state index contributed by atoms with van der Waals surface area (Å²) in [5.41, 5.74) is 6.81. The van der Waals surface area contributed by atoms with Gasteiger partial charge in [-0.2, -0.15) is 5.26 Å². The molecule has 0 aliphatic carbocycles. The van der Waals surface area contributed by atoms with E-state index in [-0.39, 0.29) is 12.2 Å². The lowest BCUT2D eigenvalue weighted by Crippen LogP contribution is -2.28. The highest BCUT2D eigenvalue weighted by Gasteiger charge is 2.17. The molecule has 0 amide bonds. The van der Waals surface area contributed by atoms with Crippen molar-refractivity contribution in [2.24, 2.45) is 0 Å². The quantitative estimate of drug-likeness (QED) is 0.343. The predicted molar refractivity (Wildman–Crippen MR) is 143 cm³/mol. The summed E-state index contributed by atoms with van der Waals surface area (Å²) in [6.07, 6.45) is 3.79. The number of hydrogen-bond donors (Lipinski definition) is 1. The zero-order valence-corrected chi connectivity index (χ0v) is 20.9. The van der Waals surface area contributed by atoms with Crippen LogP contribution in [0.25, 0.3) is 16.8 Å². The second-order valence-electron chi connectivity index (χ2n) is 9.00. The van der Waals surface area contributed by atoms with E-state index in [0.29, 0.717) is 29.8 Å². The average Bonchev–Trinajstić information content (AvgIpc) is 2.90. The van der Waals surface area contributed by atoms with Crippen LogP contribution in [0.15, 0.2) is 77.6 Å². The zero-order valence-electron chi connectivity index (χ0n) is 20.9. The fourth-order valence-electron chi connectivity index (χ4n) is 4.57. The molecule has 0 aliphatic rings. The summed E-state index contributed by atoms with van der Waals surface area (Å²) in [7, 11) is 0. The van der Waals surface area contributed by atoms with Crippen LogP contribution < -0.4 is 5.56 Å². The highest BCUT2D eigenvalue weighted by Crippen LogP contribution is 2.24. The molecule has 1 N–H and O–H groups in total. The Balaban J connectivity index is 1.74. The van der Waals surface area contributed by atoms with Crippen LogP contribution in [-0.4, -0.2) is 21.3 Å². The van der Waals surface area contributed by atoms with E-state index in [1.165, 1.54) is 0 Å². The first-order valence-corrected chi connectivity index (χ1v) is 12.5. The molecule has 0 radical (unpaired) electrons. The van der Waals surface area contributed by atoms with Crippen molar-refractivity contribution in [3.8, 4) is 22.9 Å². The van der Waals surface area contributed by atoms with Crippen LogP contribution in [0.1, 0.15) is 53.5 Å². The van der Waals surface area contributed by atoms with E-state index in [1.807, 2.05) is 79.7 Å². The first-order valence-electron chi connectivity index (χ1n) is 12.5. The maximum absolute atomic E-state index is 13.9. The van der Waals surface area contributed by atoms with Gasteiger partial charge in [0, 0.05) is 18.6 Å². The predicted octanol–water partition coefficient (Wildman–Crippen LogP) is 5.55. The van der Waals surface area contributed by atoms with E-state index in [4.69, 9.17) is 4.98 Å². The Morgan fingerprint density at radius 1 is 0.972 bits per heavy atom. The minimum Gasteiger partial charge on any atom is -0.396 e. The van der Waals surface area contributed by atoms with Crippen molar-refractivity contribution >= 4 is 0 Å². The molecule has 0 fully saturated rings. The Bertz CT molecular complexity index is 1450. The lowest BCUT2D eigenvalue weighted by atomic mass is 9.96. The Hall–Kier alpha value is -4.01. The van der Waals surface area contributed by atoms with E-state index in [1.54, 1.807) is 4.57 Å². The molecule has 4 aromatic rings. The van der Waals surface area contributed by atoms with Crippen LogP contribution >= 0.6 is 0 Å². The summed E-state index contributed by atoms with van der Waals surface area (Å²) in [6.45, 7) is 4.07. The van der Waals surface area contributed by atoms with Crippen LogP contribution in [0.4, 0.5) is 0 Å². The van der Waals surface area contributed by atoms with Crippen LogP contribution in [0.3, 0.4) is 0 Å². The minimum absolute atomic E-state index is 0.0475. The number of benzene rings is 3. The molecule has 0 saturated heterocycles. The largest absolute Gasteiger partial charge is 0.396 e. The van der Waals surface area contributed by atoms with Crippen LogP contribution in [-0.2, 0) is 19.3 Å². The van der Waals surface area contributed by atoms with Crippen molar-refractivity contribution in [2.45, 2.75) is 46.0 Å². The molecular formula is C31H31N3O2. The van der Waals surface area contributed by atoms with E-state index in [0.717, 1.165) is 52.9 Å². The molecule has 0 spiro atoms. The number of nitrogens with zero attached hydrogens (tertiary/aromatic N) is 3. The van der Waals surface area contributed by atoms with Gasteiger partial charge in [-0.3, -0.25) is 9.36 Å². The van der Waals surface area contributed by atoms with Crippen molar-refractivity contribution in [2.75, 3.05) is 6.61 Å². The van der Waals surface area contributed by atoms with Crippen molar-refractivity contribution in [1.29, 1.82) is 5.26 Å². The van der Waals surface area contributed by atoms with Gasteiger partial charge < -0.3 is 5.11 Å². The van der Waals surface area contributed by atoms with Crippen LogP contribution in [0.2, 0.25) is 0 Å². The summed E-state index contributed by atoms with van der Waals surface area (Å²) in [5.74, 6) is 0.666. The highest BCUT2D eigenvalue weighted by molar-refractivity contribution is 5.70. The number of aliphatic hydroxyl groups excluding tert-OH is 1. The number of rotatable bonds is 9. The smallest absolute Gasteiger partial charge is 0.261 e. The third-order valence-electron chi connectivity index (χ3n) is 6.46. The number of aromatic nitrogens is 2. The fourth-order valence-corrected chi connectivity index (χ4v) is 4.57. The Labute approximate surface area is 212 Å². The molecule has 0 unspecified atom stereocenters. The Morgan fingerprint density at radius 3 is 2.47 bits per heavy atom.